The summed E-state index contributed by atoms with van der Waals surface area (Å²) in [4.78, 5) is 19.2. The number of hydrogen-bond donors (Lipinski definition) is 1. The minimum Gasteiger partial charge on any atom is -0.399 e. The predicted octanol–water partition coefficient (Wildman–Crippen LogP) is 4.12. The second kappa shape index (κ2) is 8.69. The molecule has 3 rings (SSSR count). The Morgan fingerprint density at radius 3 is 2.69 bits per heavy atom. The summed E-state index contributed by atoms with van der Waals surface area (Å²) in [5.74, 6) is -0.417. The van der Waals surface area contributed by atoms with Gasteiger partial charge in [0, 0.05) is 17.5 Å². The van der Waals surface area contributed by atoms with E-state index in [-0.39, 0.29) is 24.3 Å². The molecule has 154 valence electrons. The number of hydrogen-bond acceptors (Lipinski definition) is 4. The average molecular weight is 402 g/mol. The summed E-state index contributed by atoms with van der Waals surface area (Å²) in [6.45, 7) is 3.78. The highest BCUT2D eigenvalue weighted by atomic mass is 19.3. The van der Waals surface area contributed by atoms with E-state index < -0.39 is 18.4 Å². The molecular formula is C22H24F2N2O3. The van der Waals surface area contributed by atoms with Crippen LogP contribution in [0.1, 0.15) is 39.9 Å². The lowest BCUT2D eigenvalue weighted by Gasteiger charge is -2.23. The summed E-state index contributed by atoms with van der Waals surface area (Å²) >= 11 is 0. The number of nitrogens with zero attached hydrogens (tertiary/aromatic N) is 2. The Kier molecular flexibility index (Phi) is 6.27. The molecule has 0 saturated carbocycles. The number of halogens is 2. The van der Waals surface area contributed by atoms with Crippen molar-refractivity contribution in [2.24, 2.45) is 5.16 Å². The number of aryl methyl sites for hydroxylation is 1. The lowest BCUT2D eigenvalue weighted by Crippen LogP contribution is -2.37. The molecule has 7 heteroatoms. The fourth-order valence-corrected chi connectivity index (χ4v) is 3.70. The van der Waals surface area contributed by atoms with Crippen molar-refractivity contribution in [3.63, 3.8) is 0 Å². The fraction of sp³-hybridized carbons (Fsp3) is 0.364. The van der Waals surface area contributed by atoms with Crippen molar-refractivity contribution in [3.05, 3.63) is 58.7 Å². The van der Waals surface area contributed by atoms with Crippen molar-refractivity contribution in [3.8, 4) is 11.1 Å². The molecule has 29 heavy (non-hydrogen) atoms. The number of amides is 1. The van der Waals surface area contributed by atoms with Crippen LogP contribution in [0.25, 0.3) is 11.1 Å². The van der Waals surface area contributed by atoms with Crippen LogP contribution in [0.5, 0.6) is 0 Å². The molecule has 0 unspecified atom stereocenters. The van der Waals surface area contributed by atoms with Crippen molar-refractivity contribution in [2.75, 3.05) is 20.3 Å². The third-order valence-corrected chi connectivity index (χ3v) is 5.39. The van der Waals surface area contributed by atoms with Crippen LogP contribution in [0.15, 0.2) is 41.6 Å². The third-order valence-electron chi connectivity index (χ3n) is 5.39. The van der Waals surface area contributed by atoms with Crippen LogP contribution in [-0.2, 0) is 4.84 Å². The maximum Gasteiger partial charge on any atom is 0.264 e. The molecule has 0 spiro atoms. The highest BCUT2D eigenvalue weighted by Crippen LogP contribution is 2.35. The van der Waals surface area contributed by atoms with Gasteiger partial charge in [-0.25, -0.2) is 8.78 Å². The van der Waals surface area contributed by atoms with Crippen LogP contribution in [0.4, 0.5) is 8.78 Å². The van der Waals surface area contributed by atoms with Crippen molar-refractivity contribution in [1.29, 1.82) is 0 Å². The van der Waals surface area contributed by atoms with Gasteiger partial charge in [0.25, 0.3) is 12.3 Å². The van der Waals surface area contributed by atoms with E-state index in [0.29, 0.717) is 17.7 Å². The number of alkyl halides is 2. The van der Waals surface area contributed by atoms with Crippen LogP contribution in [0.3, 0.4) is 0 Å². The number of aliphatic hydroxyl groups excluding tert-OH is 1. The van der Waals surface area contributed by atoms with E-state index in [1.54, 1.807) is 18.2 Å². The van der Waals surface area contributed by atoms with E-state index in [2.05, 4.69) is 5.16 Å². The zero-order valence-corrected chi connectivity index (χ0v) is 16.7. The van der Waals surface area contributed by atoms with E-state index in [0.717, 1.165) is 16.7 Å². The van der Waals surface area contributed by atoms with Crippen molar-refractivity contribution < 1.29 is 23.5 Å². The molecule has 1 fully saturated rings. The van der Waals surface area contributed by atoms with Gasteiger partial charge in [0.15, 0.2) is 0 Å². The van der Waals surface area contributed by atoms with Crippen LogP contribution in [0, 0.1) is 13.8 Å². The molecular weight excluding hydrogens is 378 g/mol. The van der Waals surface area contributed by atoms with Gasteiger partial charge in [-0.2, -0.15) is 0 Å². The van der Waals surface area contributed by atoms with Crippen molar-refractivity contribution in [2.45, 2.75) is 32.7 Å². The van der Waals surface area contributed by atoms with Crippen LogP contribution < -0.4 is 0 Å². The lowest BCUT2D eigenvalue weighted by molar-refractivity contribution is 0.0679. The average Bonchev–Trinajstić information content (AvgIpc) is 3.12. The molecule has 2 aromatic rings. The highest BCUT2D eigenvalue weighted by molar-refractivity contribution is 6.01. The summed E-state index contributed by atoms with van der Waals surface area (Å²) in [7, 11) is 1.41. The van der Waals surface area contributed by atoms with E-state index in [1.807, 2.05) is 26.0 Å². The number of likely N-dealkylation sites (tertiary alicyclic amines) is 1. The number of rotatable bonds is 5. The molecule has 0 aromatic heterocycles. The van der Waals surface area contributed by atoms with Gasteiger partial charge in [0.1, 0.15) is 7.11 Å². The second-order valence-corrected chi connectivity index (χ2v) is 7.16. The summed E-state index contributed by atoms with van der Waals surface area (Å²) in [5.41, 5.74) is 3.68. The zero-order valence-electron chi connectivity index (χ0n) is 16.7. The Balaban J connectivity index is 1.99. The summed E-state index contributed by atoms with van der Waals surface area (Å²) in [6.07, 6.45) is -2.34. The quantitative estimate of drug-likeness (QED) is 0.766. The molecule has 5 nitrogen and oxygen atoms in total. The molecule has 2 aromatic carbocycles. The van der Waals surface area contributed by atoms with Gasteiger partial charge in [-0.3, -0.25) is 4.79 Å². The van der Waals surface area contributed by atoms with Gasteiger partial charge in [-0.05, 0) is 48.2 Å². The Hall–Kier alpha value is -2.80. The number of oxime groups is 1. The van der Waals surface area contributed by atoms with Gasteiger partial charge in [0.2, 0.25) is 0 Å². The first kappa shape index (κ1) is 20.9. The standard InChI is InChI=1S/C22H24F2N2O3/c1-13-5-4-6-18(14(13)2)19-8-7-15(9-20(19)21(23)24)22(28)26-11-16(25-29-3)10-17(26)12-27/h4-9,17,21,27H,10-12H2,1-3H3/b25-16-/t17-/m0/s1. The summed E-state index contributed by atoms with van der Waals surface area (Å²) in [6, 6.07) is 9.50. The minimum absolute atomic E-state index is 0.159. The smallest absolute Gasteiger partial charge is 0.264 e. The number of carbonyl (C=O) groups is 1. The van der Waals surface area contributed by atoms with Crippen molar-refractivity contribution >= 4 is 11.6 Å². The van der Waals surface area contributed by atoms with Gasteiger partial charge in [-0.1, -0.05) is 29.4 Å². The number of carbonyl (C=O) groups excluding carboxylic acids is 1. The monoisotopic (exact) mass is 402 g/mol. The second-order valence-electron chi connectivity index (χ2n) is 7.16. The molecule has 1 saturated heterocycles. The topological polar surface area (TPSA) is 62.1 Å². The van der Waals surface area contributed by atoms with Crippen LogP contribution >= 0.6 is 0 Å². The lowest BCUT2D eigenvalue weighted by atomic mass is 9.92. The SMILES string of the molecule is CO/N=C1/C[C@@H](CO)N(C(=O)c2ccc(-c3cccc(C)c3C)c(C(F)F)c2)C1. The summed E-state index contributed by atoms with van der Waals surface area (Å²) in [5, 5.41) is 13.5. The van der Waals surface area contributed by atoms with Gasteiger partial charge in [-0.15, -0.1) is 0 Å². The molecule has 1 atom stereocenters. The molecule has 1 amide bonds. The van der Waals surface area contributed by atoms with Crippen LogP contribution in [-0.4, -0.2) is 47.9 Å². The third kappa shape index (κ3) is 4.15. The van der Waals surface area contributed by atoms with E-state index >= 15 is 0 Å². The zero-order chi connectivity index (χ0) is 21.1. The highest BCUT2D eigenvalue weighted by Gasteiger charge is 2.34. The van der Waals surface area contributed by atoms with Gasteiger partial charge >= 0.3 is 0 Å². The Labute approximate surface area is 168 Å². The Morgan fingerprint density at radius 1 is 1.28 bits per heavy atom. The largest absolute Gasteiger partial charge is 0.399 e. The van der Waals surface area contributed by atoms with Gasteiger partial charge in [0.05, 0.1) is 24.9 Å². The first-order chi connectivity index (χ1) is 13.9. The molecule has 0 bridgehead atoms. The normalized spacial score (nSPS) is 18.0. The van der Waals surface area contributed by atoms with Crippen molar-refractivity contribution in [1.82, 2.24) is 4.90 Å². The van der Waals surface area contributed by atoms with Crippen LogP contribution in [0.2, 0.25) is 0 Å². The number of benzene rings is 2. The number of aliphatic hydroxyl groups is 1. The molecule has 1 aliphatic heterocycles. The molecule has 0 aliphatic carbocycles. The molecule has 1 aliphatic rings. The van der Waals surface area contributed by atoms with E-state index in [1.165, 1.54) is 18.1 Å². The first-order valence-electron chi connectivity index (χ1n) is 9.36. The maximum absolute atomic E-state index is 13.9. The summed E-state index contributed by atoms with van der Waals surface area (Å²) < 4.78 is 27.7. The maximum atomic E-state index is 13.9. The molecule has 0 radical (unpaired) electrons. The van der Waals surface area contributed by atoms with E-state index in [4.69, 9.17) is 4.84 Å². The minimum atomic E-state index is -2.73. The fourth-order valence-electron chi connectivity index (χ4n) is 3.70. The molecule has 1 heterocycles. The molecule has 1 N–H and O–H groups in total. The predicted molar refractivity (Wildman–Crippen MR) is 107 cm³/mol. The van der Waals surface area contributed by atoms with Gasteiger partial charge < -0.3 is 14.8 Å². The Morgan fingerprint density at radius 2 is 2.03 bits per heavy atom. The Bertz CT molecular complexity index is 944. The van der Waals surface area contributed by atoms with E-state index in [9.17, 15) is 18.7 Å². The first-order valence-corrected chi connectivity index (χ1v) is 9.36.